The second-order valence-electron chi connectivity index (χ2n) is 3.46. The summed E-state index contributed by atoms with van der Waals surface area (Å²) in [7, 11) is 1.78. The third kappa shape index (κ3) is 2.10. The lowest BCUT2D eigenvalue weighted by Gasteiger charge is -2.07. The SMILES string of the molecule is CN1CCN(C#Cc2ccccc2)C1=O. The molecule has 1 aliphatic rings. The molecule has 0 radical (unpaired) electrons. The van der Waals surface area contributed by atoms with Gasteiger partial charge in [-0.1, -0.05) is 18.2 Å². The third-order valence-corrected chi connectivity index (χ3v) is 2.33. The highest BCUT2D eigenvalue weighted by Gasteiger charge is 2.23. The van der Waals surface area contributed by atoms with Crippen molar-refractivity contribution < 1.29 is 4.79 Å². The van der Waals surface area contributed by atoms with E-state index in [1.807, 2.05) is 30.3 Å². The summed E-state index contributed by atoms with van der Waals surface area (Å²) in [6.07, 6.45) is 0. The first-order chi connectivity index (χ1) is 7.27. The summed E-state index contributed by atoms with van der Waals surface area (Å²) in [6.45, 7) is 1.44. The van der Waals surface area contributed by atoms with Crippen molar-refractivity contribution in [3.63, 3.8) is 0 Å². The molecule has 1 aromatic carbocycles. The van der Waals surface area contributed by atoms with Crippen LogP contribution in [0.1, 0.15) is 5.56 Å². The summed E-state index contributed by atoms with van der Waals surface area (Å²) in [5, 5.41) is 0. The largest absolute Gasteiger partial charge is 0.331 e. The Morgan fingerprint density at radius 3 is 2.53 bits per heavy atom. The van der Waals surface area contributed by atoms with Gasteiger partial charge >= 0.3 is 6.03 Å². The van der Waals surface area contributed by atoms with Crippen LogP contribution in [0.25, 0.3) is 0 Å². The zero-order chi connectivity index (χ0) is 10.7. The van der Waals surface area contributed by atoms with Crippen molar-refractivity contribution in [1.29, 1.82) is 0 Å². The summed E-state index contributed by atoms with van der Waals surface area (Å²) in [6, 6.07) is 12.5. The molecule has 3 heteroatoms. The van der Waals surface area contributed by atoms with Crippen molar-refractivity contribution in [3.05, 3.63) is 35.9 Å². The van der Waals surface area contributed by atoms with Crippen LogP contribution in [-0.4, -0.2) is 36.0 Å². The van der Waals surface area contributed by atoms with Gasteiger partial charge in [0.1, 0.15) is 0 Å². The van der Waals surface area contributed by atoms with Gasteiger partial charge < -0.3 is 4.90 Å². The number of urea groups is 1. The van der Waals surface area contributed by atoms with E-state index in [1.54, 1.807) is 16.8 Å². The predicted molar refractivity (Wildman–Crippen MR) is 58.1 cm³/mol. The van der Waals surface area contributed by atoms with Gasteiger partial charge in [0, 0.05) is 25.2 Å². The van der Waals surface area contributed by atoms with Crippen molar-refractivity contribution in [1.82, 2.24) is 9.80 Å². The highest BCUT2D eigenvalue weighted by molar-refractivity contribution is 5.78. The molecule has 0 unspecified atom stereocenters. The van der Waals surface area contributed by atoms with E-state index in [4.69, 9.17) is 0 Å². The fourth-order valence-corrected chi connectivity index (χ4v) is 1.40. The maximum absolute atomic E-state index is 11.5. The Bertz CT molecular complexity index is 416. The third-order valence-electron chi connectivity index (χ3n) is 2.33. The molecule has 1 saturated heterocycles. The molecule has 0 aromatic heterocycles. The quantitative estimate of drug-likeness (QED) is 0.580. The molecule has 15 heavy (non-hydrogen) atoms. The molecule has 3 nitrogen and oxygen atoms in total. The molecule has 1 heterocycles. The van der Waals surface area contributed by atoms with Crippen LogP contribution < -0.4 is 0 Å². The van der Waals surface area contributed by atoms with Crippen LogP contribution in [0.2, 0.25) is 0 Å². The standard InChI is InChI=1S/C12H12N2O/c1-13-9-10-14(12(13)15)8-7-11-5-3-2-4-6-11/h2-6H,9-10H2,1H3. The predicted octanol–water partition coefficient (Wildman–Crippen LogP) is 1.36. The maximum Gasteiger partial charge on any atom is 0.331 e. The minimum absolute atomic E-state index is 0.0153. The van der Waals surface area contributed by atoms with Gasteiger partial charge in [0.05, 0.1) is 6.54 Å². The number of hydrogen-bond acceptors (Lipinski definition) is 1. The van der Waals surface area contributed by atoms with E-state index < -0.39 is 0 Å². The number of amides is 2. The van der Waals surface area contributed by atoms with Gasteiger partial charge in [0.15, 0.2) is 0 Å². The summed E-state index contributed by atoms with van der Waals surface area (Å²) >= 11 is 0. The van der Waals surface area contributed by atoms with E-state index in [2.05, 4.69) is 12.0 Å². The number of benzene rings is 1. The van der Waals surface area contributed by atoms with Crippen LogP contribution in [0.3, 0.4) is 0 Å². The van der Waals surface area contributed by atoms with Crippen LogP contribution >= 0.6 is 0 Å². The van der Waals surface area contributed by atoms with Crippen LogP contribution in [0.15, 0.2) is 30.3 Å². The molecule has 2 amide bonds. The summed E-state index contributed by atoms with van der Waals surface area (Å²) in [5.41, 5.74) is 0.930. The molecule has 2 rings (SSSR count). The van der Waals surface area contributed by atoms with Gasteiger partial charge in [0.2, 0.25) is 0 Å². The Balaban J connectivity index is 2.10. The maximum atomic E-state index is 11.5. The molecule has 76 valence electrons. The molecular weight excluding hydrogens is 188 g/mol. The Hall–Kier alpha value is -1.95. The molecular formula is C12H12N2O. The van der Waals surface area contributed by atoms with Crippen molar-refractivity contribution in [3.8, 4) is 12.0 Å². The molecule has 0 bridgehead atoms. The van der Waals surface area contributed by atoms with Crippen molar-refractivity contribution in [2.45, 2.75) is 0 Å². The molecule has 0 aliphatic carbocycles. The summed E-state index contributed by atoms with van der Waals surface area (Å²) in [5.74, 6) is 2.97. The highest BCUT2D eigenvalue weighted by atomic mass is 16.2. The Morgan fingerprint density at radius 1 is 1.20 bits per heavy atom. The molecule has 0 atom stereocenters. The van der Waals surface area contributed by atoms with Gasteiger partial charge in [-0.2, -0.15) is 0 Å². The van der Waals surface area contributed by atoms with Crippen LogP contribution in [-0.2, 0) is 0 Å². The number of hydrogen-bond donors (Lipinski definition) is 0. The molecule has 0 N–H and O–H groups in total. The van der Waals surface area contributed by atoms with Gasteiger partial charge in [0.25, 0.3) is 0 Å². The average Bonchev–Trinajstić information content (AvgIpc) is 2.59. The van der Waals surface area contributed by atoms with E-state index in [0.29, 0.717) is 6.54 Å². The fourth-order valence-electron chi connectivity index (χ4n) is 1.40. The van der Waals surface area contributed by atoms with E-state index >= 15 is 0 Å². The first-order valence-corrected chi connectivity index (χ1v) is 4.87. The second kappa shape index (κ2) is 4.05. The molecule has 0 saturated carbocycles. The number of nitrogens with zero attached hydrogens (tertiary/aromatic N) is 2. The zero-order valence-corrected chi connectivity index (χ0v) is 8.60. The highest BCUT2D eigenvalue weighted by Crippen LogP contribution is 2.04. The van der Waals surface area contributed by atoms with Gasteiger partial charge in [-0.25, -0.2) is 4.79 Å². The average molecular weight is 200 g/mol. The van der Waals surface area contributed by atoms with E-state index in [9.17, 15) is 4.79 Å². The smallest absolute Gasteiger partial charge is 0.325 e. The van der Waals surface area contributed by atoms with Crippen LogP contribution in [0.4, 0.5) is 4.79 Å². The fraction of sp³-hybridized carbons (Fsp3) is 0.250. The Kier molecular flexibility index (Phi) is 2.59. The van der Waals surface area contributed by atoms with E-state index in [-0.39, 0.29) is 6.03 Å². The molecule has 1 aliphatic heterocycles. The number of carbonyl (C=O) groups excluding carboxylic acids is 1. The topological polar surface area (TPSA) is 23.6 Å². The summed E-state index contributed by atoms with van der Waals surface area (Å²) in [4.78, 5) is 14.7. The van der Waals surface area contributed by atoms with Gasteiger partial charge in [-0.15, -0.1) is 0 Å². The zero-order valence-electron chi connectivity index (χ0n) is 8.60. The minimum atomic E-state index is -0.0153. The van der Waals surface area contributed by atoms with Crippen molar-refractivity contribution in [2.24, 2.45) is 0 Å². The Labute approximate surface area is 89.3 Å². The second-order valence-corrected chi connectivity index (χ2v) is 3.46. The van der Waals surface area contributed by atoms with Crippen molar-refractivity contribution in [2.75, 3.05) is 20.1 Å². The van der Waals surface area contributed by atoms with Crippen LogP contribution in [0, 0.1) is 12.0 Å². The Morgan fingerprint density at radius 2 is 1.93 bits per heavy atom. The molecule has 1 aromatic rings. The van der Waals surface area contributed by atoms with Crippen molar-refractivity contribution >= 4 is 6.03 Å². The molecule has 0 spiro atoms. The monoisotopic (exact) mass is 200 g/mol. The number of likely N-dealkylation sites (N-methyl/N-ethyl adjacent to an activating group) is 1. The molecule has 1 fully saturated rings. The van der Waals surface area contributed by atoms with E-state index in [1.165, 1.54) is 0 Å². The lowest BCUT2D eigenvalue weighted by atomic mass is 10.2. The number of rotatable bonds is 0. The normalized spacial score (nSPS) is 15.1. The van der Waals surface area contributed by atoms with Gasteiger partial charge in [-0.05, 0) is 18.1 Å². The lowest BCUT2D eigenvalue weighted by molar-refractivity contribution is 0.211. The summed E-state index contributed by atoms with van der Waals surface area (Å²) < 4.78 is 0. The lowest BCUT2D eigenvalue weighted by Crippen LogP contribution is -2.25. The minimum Gasteiger partial charge on any atom is -0.325 e. The first-order valence-electron chi connectivity index (χ1n) is 4.87. The first kappa shape index (κ1) is 9.60. The number of carbonyl (C=O) groups is 1. The van der Waals surface area contributed by atoms with Crippen LogP contribution in [0.5, 0.6) is 0 Å². The van der Waals surface area contributed by atoms with E-state index in [0.717, 1.165) is 12.1 Å². The van der Waals surface area contributed by atoms with Gasteiger partial charge in [-0.3, -0.25) is 4.90 Å².